The fourth-order valence-electron chi connectivity index (χ4n) is 0.687. The first-order chi connectivity index (χ1) is 4.22. The molecule has 0 aromatic carbocycles. The van der Waals surface area contributed by atoms with E-state index in [-0.39, 0.29) is 0 Å². The Hall–Kier alpha value is 0.620. The third kappa shape index (κ3) is 1.77. The van der Waals surface area contributed by atoms with Crippen molar-refractivity contribution in [2.75, 3.05) is 0 Å². The van der Waals surface area contributed by atoms with Crippen molar-refractivity contribution in [3.63, 3.8) is 0 Å². The van der Waals surface area contributed by atoms with Crippen LogP contribution < -0.4 is 0 Å². The summed E-state index contributed by atoms with van der Waals surface area (Å²) in [5.41, 5.74) is 0. The maximum absolute atomic E-state index is 2.31. The fraction of sp³-hybridized carbons (Fsp3) is 0.500. The average molecular weight is 254 g/mol. The van der Waals surface area contributed by atoms with Crippen LogP contribution in [0.2, 0.25) is 0 Å². The second kappa shape index (κ2) is 3.14. The first-order valence-corrected chi connectivity index (χ1v) is 4.69. The normalized spacial score (nSPS) is 26.2. The molecule has 1 heterocycles. The molecule has 0 fully saturated rings. The van der Waals surface area contributed by atoms with Crippen LogP contribution in [0.4, 0.5) is 0 Å². The van der Waals surface area contributed by atoms with Crippen molar-refractivity contribution in [2.45, 2.75) is 19.2 Å². The third-order valence-corrected chi connectivity index (χ3v) is 3.62. The molecular formula is C6H9INS. The Balaban J connectivity index is 2.45. The van der Waals surface area contributed by atoms with E-state index in [4.69, 9.17) is 0 Å². The molecule has 3 heteroatoms. The van der Waals surface area contributed by atoms with Crippen LogP contribution in [-0.2, 0) is 0 Å². The van der Waals surface area contributed by atoms with Crippen molar-refractivity contribution in [3.8, 4) is 0 Å². The quantitative estimate of drug-likeness (QED) is 0.523. The van der Waals surface area contributed by atoms with Crippen molar-refractivity contribution in [1.82, 2.24) is 3.11 Å². The summed E-state index contributed by atoms with van der Waals surface area (Å²) in [6.07, 6.45) is 2.10. The highest BCUT2D eigenvalue weighted by Crippen LogP contribution is 2.33. The average Bonchev–Trinajstić information content (AvgIpc) is 2.13. The van der Waals surface area contributed by atoms with Crippen molar-refractivity contribution >= 4 is 34.6 Å². The second-order valence-corrected chi connectivity index (χ2v) is 4.30. The highest BCUT2D eigenvalue weighted by atomic mass is 127. The maximum atomic E-state index is 2.31. The van der Waals surface area contributed by atoms with E-state index in [0.29, 0.717) is 5.37 Å². The van der Waals surface area contributed by atoms with Gasteiger partial charge in [-0.2, -0.15) is 0 Å². The zero-order chi connectivity index (χ0) is 6.85. The van der Waals surface area contributed by atoms with Crippen LogP contribution in [0, 0.1) is 5.92 Å². The van der Waals surface area contributed by atoms with Gasteiger partial charge in [-0.3, -0.25) is 0 Å². The Kier molecular flexibility index (Phi) is 2.70. The highest BCUT2D eigenvalue weighted by molar-refractivity contribution is 14.1. The lowest BCUT2D eigenvalue weighted by Crippen LogP contribution is -2.18. The predicted octanol–water partition coefficient (Wildman–Crippen LogP) is 2.80. The van der Waals surface area contributed by atoms with Gasteiger partial charge in [0.15, 0.2) is 0 Å². The molecule has 1 aliphatic rings. The van der Waals surface area contributed by atoms with Crippen LogP contribution >= 0.6 is 34.6 Å². The summed E-state index contributed by atoms with van der Waals surface area (Å²) in [5, 5.41) is 2.70. The summed E-state index contributed by atoms with van der Waals surface area (Å²) < 4.78 is 2.19. The molecule has 1 unspecified atom stereocenters. The van der Waals surface area contributed by atoms with Gasteiger partial charge in [0.25, 0.3) is 0 Å². The summed E-state index contributed by atoms with van der Waals surface area (Å²) in [4.78, 5) is 0. The number of thioether (sulfide) groups is 1. The summed E-state index contributed by atoms with van der Waals surface area (Å²) >= 11 is 4.17. The van der Waals surface area contributed by atoms with Crippen LogP contribution in [-0.4, -0.2) is 8.49 Å². The van der Waals surface area contributed by atoms with E-state index in [2.05, 4.69) is 51.4 Å². The topological polar surface area (TPSA) is 3.24 Å². The van der Waals surface area contributed by atoms with Crippen LogP contribution in [0.5, 0.6) is 0 Å². The zero-order valence-corrected chi connectivity index (χ0v) is 8.44. The molecule has 0 saturated carbocycles. The van der Waals surface area contributed by atoms with E-state index >= 15 is 0 Å². The molecule has 1 rings (SSSR count). The Labute approximate surface area is 74.4 Å². The first-order valence-electron chi connectivity index (χ1n) is 2.78. The van der Waals surface area contributed by atoms with E-state index in [1.54, 1.807) is 0 Å². The van der Waals surface area contributed by atoms with Crippen LogP contribution in [0.15, 0.2) is 11.6 Å². The Morgan fingerprint density at radius 3 is 2.56 bits per heavy atom. The van der Waals surface area contributed by atoms with Crippen LogP contribution in [0.1, 0.15) is 13.8 Å². The summed E-state index contributed by atoms with van der Waals surface area (Å²) in [6.45, 7) is 4.33. The summed E-state index contributed by atoms with van der Waals surface area (Å²) in [6, 6.07) is 0. The molecule has 1 nitrogen and oxygen atoms in total. The van der Waals surface area contributed by atoms with Crippen LogP contribution in [0.3, 0.4) is 0 Å². The molecule has 0 aromatic rings. The smallest absolute Gasteiger partial charge is 0.0937 e. The van der Waals surface area contributed by atoms with E-state index in [1.807, 2.05) is 11.8 Å². The molecule has 9 heavy (non-hydrogen) atoms. The second-order valence-electron chi connectivity index (χ2n) is 2.20. The molecule has 1 radical (unpaired) electrons. The van der Waals surface area contributed by atoms with E-state index in [0.717, 1.165) is 0 Å². The van der Waals surface area contributed by atoms with Gasteiger partial charge in [-0.25, -0.2) is 0 Å². The van der Waals surface area contributed by atoms with Crippen molar-refractivity contribution < 1.29 is 0 Å². The molecule has 0 bridgehead atoms. The van der Waals surface area contributed by atoms with Gasteiger partial charge in [-0.1, -0.05) is 13.8 Å². The minimum Gasteiger partial charge on any atom is -0.307 e. The standard InChI is InChI=1S/C6H9INS/c1-5(2)6-8(7)3-4-9-6/h3-4,6H,1-2H3. The molecular weight excluding hydrogens is 245 g/mol. The summed E-state index contributed by atoms with van der Waals surface area (Å²) in [5.74, 6) is 1.46. The third-order valence-electron chi connectivity index (χ3n) is 1.13. The lowest BCUT2D eigenvalue weighted by Gasteiger charge is -2.20. The molecule has 1 atom stereocenters. The van der Waals surface area contributed by atoms with Gasteiger partial charge < -0.3 is 3.11 Å². The number of nitrogens with zero attached hydrogens (tertiary/aromatic N) is 1. The van der Waals surface area contributed by atoms with Gasteiger partial charge in [-0.05, 0) is 5.41 Å². The number of halogens is 1. The van der Waals surface area contributed by atoms with Crippen LogP contribution in [0.25, 0.3) is 0 Å². The molecule has 0 aliphatic carbocycles. The monoisotopic (exact) mass is 254 g/mol. The zero-order valence-electron chi connectivity index (χ0n) is 5.47. The molecule has 0 amide bonds. The lowest BCUT2D eigenvalue weighted by molar-refractivity contribution is 0.639. The number of hydrogen-bond donors (Lipinski definition) is 0. The molecule has 0 saturated heterocycles. The SMILES string of the molecule is C[C](C)C1SC=CN1I. The van der Waals surface area contributed by atoms with Gasteiger partial charge in [0, 0.05) is 12.1 Å². The molecule has 0 N–H and O–H groups in total. The van der Waals surface area contributed by atoms with Gasteiger partial charge in [0.05, 0.1) is 28.2 Å². The Morgan fingerprint density at radius 1 is 1.67 bits per heavy atom. The van der Waals surface area contributed by atoms with Gasteiger partial charge in [-0.15, -0.1) is 11.8 Å². The van der Waals surface area contributed by atoms with Crippen molar-refractivity contribution in [1.29, 1.82) is 0 Å². The molecule has 0 aromatic heterocycles. The van der Waals surface area contributed by atoms with Gasteiger partial charge in [0.1, 0.15) is 0 Å². The predicted molar refractivity (Wildman–Crippen MR) is 51.0 cm³/mol. The Morgan fingerprint density at radius 2 is 2.33 bits per heavy atom. The lowest BCUT2D eigenvalue weighted by atomic mass is 10.2. The molecule has 0 spiro atoms. The fourth-order valence-corrected chi connectivity index (χ4v) is 2.83. The minimum atomic E-state index is 0.575. The van der Waals surface area contributed by atoms with Gasteiger partial charge in [0.2, 0.25) is 0 Å². The van der Waals surface area contributed by atoms with E-state index < -0.39 is 0 Å². The van der Waals surface area contributed by atoms with Gasteiger partial charge >= 0.3 is 0 Å². The minimum absolute atomic E-state index is 0.575. The summed E-state index contributed by atoms with van der Waals surface area (Å²) in [7, 11) is 0. The molecule has 51 valence electrons. The highest BCUT2D eigenvalue weighted by Gasteiger charge is 2.20. The van der Waals surface area contributed by atoms with E-state index in [1.165, 1.54) is 5.92 Å². The van der Waals surface area contributed by atoms with Crippen molar-refractivity contribution in [3.05, 3.63) is 17.5 Å². The van der Waals surface area contributed by atoms with E-state index in [9.17, 15) is 0 Å². The number of hydrogen-bond acceptors (Lipinski definition) is 2. The molecule has 1 aliphatic heterocycles. The van der Waals surface area contributed by atoms with Crippen molar-refractivity contribution in [2.24, 2.45) is 0 Å². The first kappa shape index (κ1) is 7.72. The maximum Gasteiger partial charge on any atom is 0.0937 e. The largest absolute Gasteiger partial charge is 0.307 e. The number of rotatable bonds is 1. The Bertz CT molecular complexity index is 124.